The SMILES string of the molecule is O=C(Nc1ccc(C(F)(F)F)cc1)C1CC1C(=O)NC1CCCC1. The van der Waals surface area contributed by atoms with Crippen molar-refractivity contribution in [1.29, 1.82) is 0 Å². The number of rotatable bonds is 4. The molecular weight excluding hydrogens is 321 g/mol. The van der Waals surface area contributed by atoms with Gasteiger partial charge < -0.3 is 10.6 Å². The molecule has 0 bridgehead atoms. The van der Waals surface area contributed by atoms with Crippen molar-refractivity contribution < 1.29 is 22.8 Å². The molecule has 130 valence electrons. The van der Waals surface area contributed by atoms with Crippen LogP contribution in [0.15, 0.2) is 24.3 Å². The maximum atomic E-state index is 12.5. The number of amides is 2. The second kappa shape index (κ2) is 6.45. The number of hydrogen-bond donors (Lipinski definition) is 2. The van der Waals surface area contributed by atoms with E-state index in [0.717, 1.165) is 37.8 Å². The van der Waals surface area contributed by atoms with E-state index in [1.165, 1.54) is 12.1 Å². The summed E-state index contributed by atoms with van der Waals surface area (Å²) in [6.45, 7) is 0. The molecule has 0 aliphatic heterocycles. The Balaban J connectivity index is 1.50. The molecule has 7 heteroatoms. The van der Waals surface area contributed by atoms with E-state index < -0.39 is 17.7 Å². The van der Waals surface area contributed by atoms with Crippen LogP contribution in [0.1, 0.15) is 37.7 Å². The number of benzene rings is 1. The highest BCUT2D eigenvalue weighted by Crippen LogP contribution is 2.40. The van der Waals surface area contributed by atoms with Gasteiger partial charge in [0.15, 0.2) is 0 Å². The highest BCUT2D eigenvalue weighted by atomic mass is 19.4. The van der Waals surface area contributed by atoms with Gasteiger partial charge in [-0.05, 0) is 43.5 Å². The standard InChI is InChI=1S/C17H19F3N2O2/c18-17(19,20)10-5-7-12(8-6-10)22-16(24)14-9-13(14)15(23)21-11-3-1-2-4-11/h5-8,11,13-14H,1-4,9H2,(H,21,23)(H,22,24). The van der Waals surface area contributed by atoms with Crippen LogP contribution in [0.3, 0.4) is 0 Å². The Morgan fingerprint density at radius 2 is 1.54 bits per heavy atom. The van der Waals surface area contributed by atoms with Crippen LogP contribution in [0.2, 0.25) is 0 Å². The van der Waals surface area contributed by atoms with Crippen molar-refractivity contribution >= 4 is 17.5 Å². The summed E-state index contributed by atoms with van der Waals surface area (Å²) in [5.41, 5.74) is -0.462. The van der Waals surface area contributed by atoms with E-state index in [-0.39, 0.29) is 23.8 Å². The Hall–Kier alpha value is -2.05. The minimum absolute atomic E-state index is 0.0885. The number of hydrogen-bond acceptors (Lipinski definition) is 2. The summed E-state index contributed by atoms with van der Waals surface area (Å²) in [5.74, 6) is -1.12. The molecule has 4 nitrogen and oxygen atoms in total. The van der Waals surface area contributed by atoms with E-state index in [2.05, 4.69) is 10.6 Å². The van der Waals surface area contributed by atoms with E-state index >= 15 is 0 Å². The minimum atomic E-state index is -4.40. The maximum Gasteiger partial charge on any atom is 0.416 e. The Bertz CT molecular complexity index is 622. The highest BCUT2D eigenvalue weighted by molar-refractivity contribution is 5.99. The molecule has 2 N–H and O–H groups in total. The van der Waals surface area contributed by atoms with Crippen LogP contribution in [0.4, 0.5) is 18.9 Å². The summed E-state index contributed by atoms with van der Waals surface area (Å²) in [5, 5.41) is 5.54. The molecule has 3 rings (SSSR count). The number of nitrogens with one attached hydrogen (secondary N) is 2. The summed E-state index contributed by atoms with van der Waals surface area (Å²) in [6, 6.07) is 4.50. The first kappa shape index (κ1) is 16.8. The lowest BCUT2D eigenvalue weighted by atomic mass is 10.2. The molecular formula is C17H19F3N2O2. The van der Waals surface area contributed by atoms with E-state index in [4.69, 9.17) is 0 Å². The van der Waals surface area contributed by atoms with E-state index in [9.17, 15) is 22.8 Å². The van der Waals surface area contributed by atoms with E-state index in [0.29, 0.717) is 12.1 Å². The number of carbonyl (C=O) groups is 2. The van der Waals surface area contributed by atoms with Gasteiger partial charge in [0.25, 0.3) is 0 Å². The Morgan fingerprint density at radius 1 is 0.958 bits per heavy atom. The average molecular weight is 340 g/mol. The average Bonchev–Trinajstić information content (AvgIpc) is 3.18. The Kier molecular flexibility index (Phi) is 4.51. The highest BCUT2D eigenvalue weighted by Gasteiger charge is 2.48. The molecule has 2 aliphatic carbocycles. The summed E-state index contributed by atoms with van der Waals surface area (Å²) in [4.78, 5) is 24.2. The molecule has 0 spiro atoms. The predicted octanol–water partition coefficient (Wildman–Crippen LogP) is 3.34. The molecule has 2 atom stereocenters. The fourth-order valence-corrected chi connectivity index (χ4v) is 3.13. The van der Waals surface area contributed by atoms with Crippen molar-refractivity contribution in [3.63, 3.8) is 0 Å². The smallest absolute Gasteiger partial charge is 0.353 e. The molecule has 2 saturated carbocycles. The van der Waals surface area contributed by atoms with Crippen LogP contribution in [0.5, 0.6) is 0 Å². The molecule has 0 saturated heterocycles. The van der Waals surface area contributed by atoms with Crippen molar-refractivity contribution in [2.75, 3.05) is 5.32 Å². The van der Waals surface area contributed by atoms with Crippen molar-refractivity contribution in [1.82, 2.24) is 5.32 Å². The lowest BCUT2D eigenvalue weighted by Gasteiger charge is -2.12. The van der Waals surface area contributed by atoms with Gasteiger partial charge in [0.1, 0.15) is 0 Å². The van der Waals surface area contributed by atoms with Gasteiger partial charge in [-0.25, -0.2) is 0 Å². The molecule has 24 heavy (non-hydrogen) atoms. The monoisotopic (exact) mass is 340 g/mol. The molecule has 2 aliphatic rings. The fourth-order valence-electron chi connectivity index (χ4n) is 3.13. The number of carbonyl (C=O) groups excluding carboxylic acids is 2. The van der Waals surface area contributed by atoms with Gasteiger partial charge in [0, 0.05) is 11.7 Å². The van der Waals surface area contributed by atoms with Gasteiger partial charge in [-0.1, -0.05) is 12.8 Å². The quantitative estimate of drug-likeness (QED) is 0.883. The summed E-state index contributed by atoms with van der Waals surface area (Å²) < 4.78 is 37.5. The molecule has 0 radical (unpaired) electrons. The third-order valence-corrected chi connectivity index (χ3v) is 4.65. The number of anilines is 1. The third-order valence-electron chi connectivity index (χ3n) is 4.65. The molecule has 1 aromatic carbocycles. The molecule has 0 aromatic heterocycles. The van der Waals surface area contributed by atoms with Crippen molar-refractivity contribution in [3.8, 4) is 0 Å². The van der Waals surface area contributed by atoms with Crippen molar-refractivity contribution in [2.24, 2.45) is 11.8 Å². The molecule has 2 fully saturated rings. The minimum Gasteiger partial charge on any atom is -0.353 e. The first-order valence-corrected chi connectivity index (χ1v) is 8.13. The topological polar surface area (TPSA) is 58.2 Å². The molecule has 1 aromatic rings. The first-order valence-electron chi connectivity index (χ1n) is 8.13. The van der Waals surface area contributed by atoms with Gasteiger partial charge in [-0.2, -0.15) is 13.2 Å². The molecule has 2 unspecified atom stereocenters. The van der Waals surface area contributed by atoms with Crippen LogP contribution >= 0.6 is 0 Å². The number of halogens is 3. The largest absolute Gasteiger partial charge is 0.416 e. The summed E-state index contributed by atoms with van der Waals surface area (Å²) >= 11 is 0. The second-order valence-electron chi connectivity index (χ2n) is 6.50. The van der Waals surface area contributed by atoms with Gasteiger partial charge in [0.2, 0.25) is 11.8 Å². The predicted molar refractivity (Wildman–Crippen MR) is 82.1 cm³/mol. The van der Waals surface area contributed by atoms with Gasteiger partial charge >= 0.3 is 6.18 Å². The fraction of sp³-hybridized carbons (Fsp3) is 0.529. The van der Waals surface area contributed by atoms with Crippen LogP contribution in [0, 0.1) is 11.8 Å². The van der Waals surface area contributed by atoms with Crippen LogP contribution < -0.4 is 10.6 Å². The lowest BCUT2D eigenvalue weighted by molar-refractivity contribution is -0.137. The molecule has 0 heterocycles. The zero-order chi connectivity index (χ0) is 17.3. The summed E-state index contributed by atoms with van der Waals surface area (Å²) in [7, 11) is 0. The van der Waals surface area contributed by atoms with Crippen LogP contribution in [-0.2, 0) is 15.8 Å². The van der Waals surface area contributed by atoms with Gasteiger partial charge in [-0.3, -0.25) is 9.59 Å². The van der Waals surface area contributed by atoms with Crippen LogP contribution in [-0.4, -0.2) is 17.9 Å². The normalized spacial score (nSPS) is 23.8. The van der Waals surface area contributed by atoms with Crippen molar-refractivity contribution in [3.05, 3.63) is 29.8 Å². The summed E-state index contributed by atoms with van der Waals surface area (Å²) in [6.07, 6.45) is 0.302. The van der Waals surface area contributed by atoms with Crippen molar-refractivity contribution in [2.45, 2.75) is 44.3 Å². The maximum absolute atomic E-state index is 12.5. The number of alkyl halides is 3. The second-order valence-corrected chi connectivity index (χ2v) is 6.50. The van der Waals surface area contributed by atoms with Crippen LogP contribution in [0.25, 0.3) is 0 Å². The first-order chi connectivity index (χ1) is 11.3. The van der Waals surface area contributed by atoms with E-state index in [1.807, 2.05) is 0 Å². The van der Waals surface area contributed by atoms with E-state index in [1.54, 1.807) is 0 Å². The third kappa shape index (κ3) is 3.88. The molecule has 2 amide bonds. The lowest BCUT2D eigenvalue weighted by Crippen LogP contribution is -2.34. The zero-order valence-corrected chi connectivity index (χ0v) is 13.0. The Labute approximate surface area is 137 Å². The zero-order valence-electron chi connectivity index (χ0n) is 13.0. The van der Waals surface area contributed by atoms with Gasteiger partial charge in [-0.15, -0.1) is 0 Å². The Morgan fingerprint density at radius 3 is 2.12 bits per heavy atom. The van der Waals surface area contributed by atoms with Gasteiger partial charge in [0.05, 0.1) is 17.4 Å².